The maximum Gasteiger partial charge on any atom is 0.165 e. The predicted molar refractivity (Wildman–Crippen MR) is 62.8 cm³/mol. The first kappa shape index (κ1) is 11.3. The molecule has 0 bridgehead atoms. The van der Waals surface area contributed by atoms with Crippen LogP contribution in [0.2, 0.25) is 0 Å². The van der Waals surface area contributed by atoms with Gasteiger partial charge in [-0.3, -0.25) is 14.8 Å². The number of aromatic nitrogens is 2. The van der Waals surface area contributed by atoms with Crippen LogP contribution in [0, 0.1) is 0 Å². The van der Waals surface area contributed by atoms with Gasteiger partial charge in [0.1, 0.15) is 12.4 Å². The number of ketones is 1. The van der Waals surface area contributed by atoms with Gasteiger partial charge in [-0.25, -0.2) is 0 Å². The molecule has 2 rings (SSSR count). The summed E-state index contributed by atoms with van der Waals surface area (Å²) < 4.78 is 5.58. The molecule has 0 saturated carbocycles. The van der Waals surface area contributed by atoms with E-state index in [0.717, 1.165) is 5.56 Å². The minimum Gasteiger partial charge on any atom is -0.488 e. The molecular formula is C13H12N2O2. The molecule has 0 saturated heterocycles. The van der Waals surface area contributed by atoms with E-state index in [2.05, 4.69) is 9.97 Å². The van der Waals surface area contributed by atoms with Crippen LogP contribution >= 0.6 is 0 Å². The fourth-order valence-electron chi connectivity index (χ4n) is 1.42. The third-order valence-electron chi connectivity index (χ3n) is 2.28. The smallest absolute Gasteiger partial charge is 0.165 e. The van der Waals surface area contributed by atoms with Gasteiger partial charge in [0, 0.05) is 30.4 Å². The second-order valence-corrected chi connectivity index (χ2v) is 3.58. The number of nitrogens with zero attached hydrogens (tertiary/aromatic N) is 2. The molecule has 0 aliphatic carbocycles. The lowest BCUT2D eigenvalue weighted by atomic mass is 10.2. The second-order valence-electron chi connectivity index (χ2n) is 3.58. The largest absolute Gasteiger partial charge is 0.488 e. The molecule has 0 fully saturated rings. The molecule has 0 spiro atoms. The molecule has 2 aromatic rings. The Bertz CT molecular complexity index is 512. The van der Waals surface area contributed by atoms with E-state index in [1.807, 2.05) is 12.1 Å². The first-order chi connectivity index (χ1) is 8.27. The Morgan fingerprint density at radius 3 is 2.76 bits per heavy atom. The van der Waals surface area contributed by atoms with Crippen molar-refractivity contribution in [2.24, 2.45) is 0 Å². The highest BCUT2D eigenvalue weighted by Crippen LogP contribution is 2.18. The number of carbonyl (C=O) groups excluding carboxylic acids is 1. The standard InChI is InChI=1S/C13H12N2O2/c1-10(16)12-8-15-6-4-13(12)17-9-11-3-2-5-14-7-11/h2-8H,9H2,1H3. The monoisotopic (exact) mass is 228 g/mol. The van der Waals surface area contributed by atoms with Gasteiger partial charge in [0.2, 0.25) is 0 Å². The van der Waals surface area contributed by atoms with Crippen molar-refractivity contribution in [2.75, 3.05) is 0 Å². The zero-order chi connectivity index (χ0) is 12.1. The van der Waals surface area contributed by atoms with E-state index < -0.39 is 0 Å². The molecule has 2 heterocycles. The van der Waals surface area contributed by atoms with Gasteiger partial charge in [-0.1, -0.05) is 6.07 Å². The van der Waals surface area contributed by atoms with Crippen LogP contribution in [0.5, 0.6) is 5.75 Å². The number of pyridine rings is 2. The van der Waals surface area contributed by atoms with Gasteiger partial charge in [0.25, 0.3) is 0 Å². The van der Waals surface area contributed by atoms with Crippen molar-refractivity contribution in [3.63, 3.8) is 0 Å². The number of carbonyl (C=O) groups is 1. The maximum absolute atomic E-state index is 11.3. The molecule has 2 aromatic heterocycles. The van der Waals surface area contributed by atoms with Crippen molar-refractivity contribution >= 4 is 5.78 Å². The normalized spacial score (nSPS) is 9.94. The lowest BCUT2D eigenvalue weighted by molar-refractivity contribution is 0.101. The quantitative estimate of drug-likeness (QED) is 0.753. The summed E-state index contributed by atoms with van der Waals surface area (Å²) in [5, 5.41) is 0. The van der Waals surface area contributed by atoms with Crippen molar-refractivity contribution in [1.82, 2.24) is 9.97 Å². The Balaban J connectivity index is 2.12. The Labute approximate surface area is 99.3 Å². The van der Waals surface area contributed by atoms with Crippen LogP contribution in [0.4, 0.5) is 0 Å². The van der Waals surface area contributed by atoms with Crippen molar-refractivity contribution < 1.29 is 9.53 Å². The number of hydrogen-bond donors (Lipinski definition) is 0. The average molecular weight is 228 g/mol. The highest BCUT2D eigenvalue weighted by Gasteiger charge is 2.07. The SMILES string of the molecule is CC(=O)c1cnccc1OCc1cccnc1. The summed E-state index contributed by atoms with van der Waals surface area (Å²) >= 11 is 0. The summed E-state index contributed by atoms with van der Waals surface area (Å²) in [6.07, 6.45) is 6.55. The van der Waals surface area contributed by atoms with Gasteiger partial charge in [0.05, 0.1) is 5.56 Å². The highest BCUT2D eigenvalue weighted by molar-refractivity contribution is 5.96. The molecule has 0 unspecified atom stereocenters. The van der Waals surface area contributed by atoms with Crippen molar-refractivity contribution in [1.29, 1.82) is 0 Å². The summed E-state index contributed by atoms with van der Waals surface area (Å²) in [6, 6.07) is 5.45. The number of Topliss-reactive ketones (excluding diaryl/α,β-unsaturated/α-hetero) is 1. The second kappa shape index (κ2) is 5.21. The van der Waals surface area contributed by atoms with Crippen LogP contribution in [-0.2, 0) is 6.61 Å². The van der Waals surface area contributed by atoms with Gasteiger partial charge in [-0.15, -0.1) is 0 Å². The van der Waals surface area contributed by atoms with E-state index in [0.29, 0.717) is 17.9 Å². The van der Waals surface area contributed by atoms with Crippen LogP contribution < -0.4 is 4.74 Å². The summed E-state index contributed by atoms with van der Waals surface area (Å²) in [7, 11) is 0. The van der Waals surface area contributed by atoms with Crippen LogP contribution in [0.15, 0.2) is 43.0 Å². The minimum atomic E-state index is -0.0562. The minimum absolute atomic E-state index is 0.0562. The summed E-state index contributed by atoms with van der Waals surface area (Å²) in [4.78, 5) is 19.2. The van der Waals surface area contributed by atoms with Gasteiger partial charge >= 0.3 is 0 Å². The molecule has 86 valence electrons. The molecule has 0 N–H and O–H groups in total. The number of rotatable bonds is 4. The Kier molecular flexibility index (Phi) is 3.45. The number of hydrogen-bond acceptors (Lipinski definition) is 4. The fraction of sp³-hybridized carbons (Fsp3) is 0.154. The molecule has 4 nitrogen and oxygen atoms in total. The molecule has 0 radical (unpaired) electrons. The molecule has 0 aliphatic heterocycles. The maximum atomic E-state index is 11.3. The zero-order valence-electron chi connectivity index (χ0n) is 9.46. The van der Waals surface area contributed by atoms with Crippen LogP contribution in [-0.4, -0.2) is 15.8 Å². The van der Waals surface area contributed by atoms with Gasteiger partial charge in [-0.2, -0.15) is 0 Å². The van der Waals surface area contributed by atoms with E-state index in [1.165, 1.54) is 13.1 Å². The summed E-state index contributed by atoms with van der Waals surface area (Å²) in [5.74, 6) is 0.496. The first-order valence-corrected chi connectivity index (χ1v) is 5.24. The number of ether oxygens (including phenoxy) is 1. The molecular weight excluding hydrogens is 216 g/mol. The van der Waals surface area contributed by atoms with E-state index in [4.69, 9.17) is 4.74 Å². The molecule has 4 heteroatoms. The van der Waals surface area contributed by atoms with E-state index in [9.17, 15) is 4.79 Å². The zero-order valence-corrected chi connectivity index (χ0v) is 9.46. The van der Waals surface area contributed by atoms with E-state index in [-0.39, 0.29) is 5.78 Å². The van der Waals surface area contributed by atoms with Crippen LogP contribution in [0.1, 0.15) is 22.8 Å². The Hall–Kier alpha value is -2.23. The van der Waals surface area contributed by atoms with Crippen molar-refractivity contribution in [3.8, 4) is 5.75 Å². The molecule has 0 aromatic carbocycles. The topological polar surface area (TPSA) is 52.1 Å². The van der Waals surface area contributed by atoms with E-state index in [1.54, 1.807) is 24.7 Å². The molecule has 0 atom stereocenters. The molecule has 0 aliphatic rings. The third-order valence-corrected chi connectivity index (χ3v) is 2.28. The van der Waals surface area contributed by atoms with Gasteiger partial charge < -0.3 is 4.74 Å². The van der Waals surface area contributed by atoms with Crippen molar-refractivity contribution in [2.45, 2.75) is 13.5 Å². The Morgan fingerprint density at radius 1 is 1.24 bits per heavy atom. The first-order valence-electron chi connectivity index (χ1n) is 5.24. The fourth-order valence-corrected chi connectivity index (χ4v) is 1.42. The van der Waals surface area contributed by atoms with E-state index >= 15 is 0 Å². The predicted octanol–water partition coefficient (Wildman–Crippen LogP) is 2.26. The van der Waals surface area contributed by atoms with Gasteiger partial charge in [0.15, 0.2) is 5.78 Å². The average Bonchev–Trinajstić information content (AvgIpc) is 2.38. The Morgan fingerprint density at radius 2 is 2.06 bits per heavy atom. The van der Waals surface area contributed by atoms with Crippen molar-refractivity contribution in [3.05, 3.63) is 54.1 Å². The molecule has 17 heavy (non-hydrogen) atoms. The lowest BCUT2D eigenvalue weighted by Crippen LogP contribution is -2.02. The molecule has 0 amide bonds. The van der Waals surface area contributed by atoms with Gasteiger partial charge in [-0.05, 0) is 19.1 Å². The summed E-state index contributed by atoms with van der Waals surface area (Å²) in [5.41, 5.74) is 1.45. The lowest BCUT2D eigenvalue weighted by Gasteiger charge is -2.08. The third kappa shape index (κ3) is 2.87. The summed E-state index contributed by atoms with van der Waals surface area (Å²) in [6.45, 7) is 1.88. The highest BCUT2D eigenvalue weighted by atomic mass is 16.5. The van der Waals surface area contributed by atoms with Crippen LogP contribution in [0.3, 0.4) is 0 Å². The van der Waals surface area contributed by atoms with Crippen LogP contribution in [0.25, 0.3) is 0 Å².